The normalized spacial score (nSPS) is 17.3. The minimum atomic E-state index is -3.18. The van der Waals surface area contributed by atoms with Crippen LogP contribution in [0.2, 0.25) is 0 Å². The number of unbranched alkanes of at least 4 members (excludes halogenated alkanes) is 5. The molecule has 0 unspecified atom stereocenters. The predicted molar refractivity (Wildman–Crippen MR) is 177 cm³/mol. The highest BCUT2D eigenvalue weighted by molar-refractivity contribution is 7.88. The lowest BCUT2D eigenvalue weighted by Gasteiger charge is -2.48. The Morgan fingerprint density at radius 2 is 1.40 bits per heavy atom. The van der Waals surface area contributed by atoms with Crippen LogP contribution in [0.3, 0.4) is 0 Å². The van der Waals surface area contributed by atoms with Gasteiger partial charge in [0, 0.05) is 18.8 Å². The average molecular weight is 639 g/mol. The van der Waals surface area contributed by atoms with Crippen molar-refractivity contribution in [2.45, 2.75) is 82.8 Å². The molecule has 1 saturated heterocycles. The highest BCUT2D eigenvalue weighted by atomic mass is 32.2. The molecule has 0 aromatic heterocycles. The van der Waals surface area contributed by atoms with Crippen molar-refractivity contribution in [2.24, 2.45) is 5.92 Å². The van der Waals surface area contributed by atoms with Gasteiger partial charge in [-0.2, -0.15) is 0 Å². The number of aliphatic hydroxyl groups is 2. The Labute approximate surface area is 267 Å². The number of sulfonamides is 1. The standard InChI is InChI=1S/C36H47FN2O5S/c1-45(43,44)38-25-7-6-10-28-13-21-32(22-14-28)39-35(30-15-11-27(12-16-30)9-5-3-2-4-8-26-40)33(36(39)42)23-24-34(41)29-17-19-31(37)20-18-29/h11-22,33-35,38,40-41H,2-10,23-26H2,1H3/t33-,34+,35-/m1/s1. The molecule has 0 aliphatic carbocycles. The highest BCUT2D eigenvalue weighted by Gasteiger charge is 2.48. The molecule has 7 nitrogen and oxygen atoms in total. The van der Waals surface area contributed by atoms with E-state index >= 15 is 0 Å². The number of amides is 1. The fourth-order valence-electron chi connectivity index (χ4n) is 6.08. The molecule has 1 heterocycles. The number of halogens is 1. The number of hydrogen-bond acceptors (Lipinski definition) is 5. The van der Waals surface area contributed by atoms with Crippen molar-refractivity contribution < 1.29 is 27.8 Å². The SMILES string of the molecule is CS(=O)(=O)NCCCCc1ccc(N2C(=O)[C@H](CC[C@H](O)c3ccc(F)cc3)[C@H]2c2ccc(CCCCCCCO)cc2)cc1. The number of nitrogens with zero attached hydrogens (tertiary/aromatic N) is 1. The number of carbonyl (C=O) groups excluding carboxylic acids is 1. The molecule has 3 atom stereocenters. The molecule has 0 radical (unpaired) electrons. The van der Waals surface area contributed by atoms with Crippen LogP contribution in [0.5, 0.6) is 0 Å². The van der Waals surface area contributed by atoms with Crippen LogP contribution in [0.4, 0.5) is 10.1 Å². The van der Waals surface area contributed by atoms with E-state index in [1.54, 1.807) is 12.1 Å². The Balaban J connectivity index is 1.42. The third-order valence-corrected chi connectivity index (χ3v) is 9.36. The molecular formula is C36H47FN2O5S. The second-order valence-electron chi connectivity index (χ2n) is 12.2. The number of nitrogens with one attached hydrogen (secondary N) is 1. The van der Waals surface area contributed by atoms with Crippen molar-refractivity contribution in [3.05, 3.63) is 101 Å². The molecule has 1 fully saturated rings. The van der Waals surface area contributed by atoms with Crippen molar-refractivity contribution in [3.63, 3.8) is 0 Å². The second-order valence-corrected chi connectivity index (χ2v) is 14.0. The van der Waals surface area contributed by atoms with Gasteiger partial charge in [0.2, 0.25) is 15.9 Å². The topological polar surface area (TPSA) is 107 Å². The van der Waals surface area contributed by atoms with E-state index in [-0.39, 0.29) is 30.3 Å². The number of aliphatic hydroxyl groups excluding tert-OH is 2. The molecule has 3 aromatic rings. The quantitative estimate of drug-likeness (QED) is 0.104. The first-order chi connectivity index (χ1) is 21.7. The van der Waals surface area contributed by atoms with Gasteiger partial charge in [-0.1, -0.05) is 67.8 Å². The summed E-state index contributed by atoms with van der Waals surface area (Å²) in [4.78, 5) is 15.4. The van der Waals surface area contributed by atoms with Crippen LogP contribution in [0.15, 0.2) is 72.8 Å². The summed E-state index contributed by atoms with van der Waals surface area (Å²) in [6.45, 7) is 0.674. The molecule has 3 aromatic carbocycles. The molecule has 0 bridgehead atoms. The summed E-state index contributed by atoms with van der Waals surface area (Å²) in [6, 6.07) is 22.2. The number of anilines is 1. The zero-order chi connectivity index (χ0) is 32.2. The molecule has 4 rings (SSSR count). The van der Waals surface area contributed by atoms with E-state index in [0.29, 0.717) is 24.9 Å². The van der Waals surface area contributed by atoms with E-state index in [9.17, 15) is 22.7 Å². The van der Waals surface area contributed by atoms with E-state index in [1.165, 1.54) is 17.7 Å². The van der Waals surface area contributed by atoms with E-state index in [4.69, 9.17) is 5.11 Å². The van der Waals surface area contributed by atoms with Gasteiger partial charge in [0.1, 0.15) is 5.82 Å². The predicted octanol–water partition coefficient (Wildman–Crippen LogP) is 6.40. The fraction of sp³-hybridized carbons (Fsp3) is 0.472. The second kappa shape index (κ2) is 17.0. The van der Waals surface area contributed by atoms with E-state index in [1.807, 2.05) is 29.2 Å². The van der Waals surface area contributed by atoms with Gasteiger partial charge in [0.15, 0.2) is 0 Å². The highest BCUT2D eigenvalue weighted by Crippen LogP contribution is 2.46. The molecule has 1 aliphatic rings. The van der Waals surface area contributed by atoms with Crippen LogP contribution in [0.25, 0.3) is 0 Å². The van der Waals surface area contributed by atoms with Crippen molar-refractivity contribution in [1.82, 2.24) is 4.72 Å². The lowest BCUT2D eigenvalue weighted by Crippen LogP contribution is -2.55. The summed E-state index contributed by atoms with van der Waals surface area (Å²) in [7, 11) is -3.18. The molecule has 9 heteroatoms. The number of carbonyl (C=O) groups is 1. The van der Waals surface area contributed by atoms with Gasteiger partial charge in [-0.25, -0.2) is 17.5 Å². The van der Waals surface area contributed by atoms with Crippen molar-refractivity contribution in [3.8, 4) is 0 Å². The Hall–Kier alpha value is -3.11. The summed E-state index contributed by atoms with van der Waals surface area (Å²) in [6.07, 6.45) is 9.97. The summed E-state index contributed by atoms with van der Waals surface area (Å²) >= 11 is 0. The number of benzene rings is 3. The van der Waals surface area contributed by atoms with Crippen LogP contribution in [0.1, 0.15) is 92.2 Å². The summed E-state index contributed by atoms with van der Waals surface area (Å²) in [5.74, 6) is -0.603. The monoisotopic (exact) mass is 638 g/mol. The number of rotatable bonds is 19. The minimum Gasteiger partial charge on any atom is -0.396 e. The van der Waals surface area contributed by atoms with Crippen LogP contribution >= 0.6 is 0 Å². The van der Waals surface area contributed by atoms with Gasteiger partial charge in [-0.3, -0.25) is 4.79 Å². The zero-order valence-electron chi connectivity index (χ0n) is 26.2. The largest absolute Gasteiger partial charge is 0.396 e. The van der Waals surface area contributed by atoms with Crippen molar-refractivity contribution in [2.75, 3.05) is 24.3 Å². The first kappa shape index (κ1) is 34.8. The smallest absolute Gasteiger partial charge is 0.233 e. The van der Waals surface area contributed by atoms with E-state index < -0.39 is 16.1 Å². The Morgan fingerprint density at radius 3 is 2.02 bits per heavy atom. The zero-order valence-corrected chi connectivity index (χ0v) is 27.0. The Bertz CT molecular complexity index is 1450. The molecular weight excluding hydrogens is 591 g/mol. The van der Waals surface area contributed by atoms with Crippen molar-refractivity contribution in [1.29, 1.82) is 0 Å². The van der Waals surface area contributed by atoms with Crippen LogP contribution < -0.4 is 9.62 Å². The minimum absolute atomic E-state index is 0.0258. The fourth-order valence-corrected chi connectivity index (χ4v) is 6.59. The number of aryl methyl sites for hydroxylation is 2. The van der Waals surface area contributed by atoms with Gasteiger partial charge in [0.05, 0.1) is 24.3 Å². The lowest BCUT2D eigenvalue weighted by atomic mass is 9.78. The van der Waals surface area contributed by atoms with Gasteiger partial charge in [-0.15, -0.1) is 0 Å². The summed E-state index contributed by atoms with van der Waals surface area (Å²) in [5, 5.41) is 19.7. The lowest BCUT2D eigenvalue weighted by molar-refractivity contribution is -0.131. The molecule has 1 amide bonds. The molecule has 0 spiro atoms. The van der Waals surface area contributed by atoms with Gasteiger partial charge < -0.3 is 15.1 Å². The Kier molecular flexibility index (Phi) is 13.1. The maximum atomic E-state index is 13.6. The summed E-state index contributed by atoms with van der Waals surface area (Å²) in [5.41, 5.74) is 4.92. The molecule has 1 aliphatic heterocycles. The third kappa shape index (κ3) is 10.5. The van der Waals surface area contributed by atoms with E-state index in [0.717, 1.165) is 80.9 Å². The maximum absolute atomic E-state index is 13.6. The van der Waals surface area contributed by atoms with Crippen molar-refractivity contribution >= 4 is 21.6 Å². The number of β-lactam (4-membered cyclic amide) rings is 1. The van der Waals surface area contributed by atoms with Crippen LogP contribution in [-0.2, 0) is 27.7 Å². The molecule has 3 N–H and O–H groups in total. The maximum Gasteiger partial charge on any atom is 0.233 e. The first-order valence-electron chi connectivity index (χ1n) is 16.2. The Morgan fingerprint density at radius 1 is 0.822 bits per heavy atom. The molecule has 0 saturated carbocycles. The number of hydrogen-bond donors (Lipinski definition) is 3. The van der Waals surface area contributed by atoms with Crippen LogP contribution in [-0.4, -0.2) is 43.9 Å². The van der Waals surface area contributed by atoms with E-state index in [2.05, 4.69) is 29.0 Å². The molecule has 244 valence electrons. The van der Waals surface area contributed by atoms with Crippen LogP contribution in [0, 0.1) is 11.7 Å². The first-order valence-corrected chi connectivity index (χ1v) is 18.1. The van der Waals surface area contributed by atoms with Gasteiger partial charge in [0.25, 0.3) is 0 Å². The average Bonchev–Trinajstić information content (AvgIpc) is 3.02. The van der Waals surface area contributed by atoms with Gasteiger partial charge >= 0.3 is 0 Å². The third-order valence-electron chi connectivity index (χ3n) is 8.64. The van der Waals surface area contributed by atoms with Gasteiger partial charge in [-0.05, 0) is 97.9 Å². The molecule has 45 heavy (non-hydrogen) atoms. The summed E-state index contributed by atoms with van der Waals surface area (Å²) < 4.78 is 38.4.